The van der Waals surface area contributed by atoms with Crippen molar-refractivity contribution in [3.8, 4) is 0 Å². The Balaban J connectivity index is 1.40. The van der Waals surface area contributed by atoms with E-state index in [-0.39, 0.29) is 18.1 Å². The highest BCUT2D eigenvalue weighted by Crippen LogP contribution is 2.27. The third kappa shape index (κ3) is 3.30. The number of amides is 1. The Hall–Kier alpha value is -2.60. The lowest BCUT2D eigenvalue weighted by Gasteiger charge is -2.30. The van der Waals surface area contributed by atoms with Crippen LogP contribution >= 0.6 is 0 Å². The number of ether oxygens (including phenoxy) is 1. The number of carbonyl (C=O) groups is 1. The Morgan fingerprint density at radius 3 is 3.08 bits per heavy atom. The van der Waals surface area contributed by atoms with Crippen molar-refractivity contribution >= 4 is 16.8 Å². The molecule has 2 atom stereocenters. The number of imidazole rings is 1. The van der Waals surface area contributed by atoms with Crippen LogP contribution in [-0.4, -0.2) is 32.7 Å². The summed E-state index contributed by atoms with van der Waals surface area (Å²) in [5, 5.41) is 4.31. The summed E-state index contributed by atoms with van der Waals surface area (Å²) in [4.78, 5) is 16.6. The molecule has 4 rings (SSSR count). The van der Waals surface area contributed by atoms with E-state index >= 15 is 0 Å². The van der Waals surface area contributed by atoms with Crippen molar-refractivity contribution < 1.29 is 9.53 Å². The molecule has 2 unspecified atom stereocenters. The average molecular weight is 338 g/mol. The minimum absolute atomic E-state index is 0.0149. The first-order valence-corrected chi connectivity index (χ1v) is 8.62. The molecule has 6 nitrogen and oxygen atoms in total. The number of carbonyl (C=O) groups excluding carboxylic acids is 1. The van der Waals surface area contributed by atoms with Gasteiger partial charge in [0.15, 0.2) is 0 Å². The molecule has 6 heteroatoms. The van der Waals surface area contributed by atoms with Crippen LogP contribution in [0.15, 0.2) is 49.1 Å². The lowest BCUT2D eigenvalue weighted by atomic mass is 10.0. The van der Waals surface area contributed by atoms with Crippen LogP contribution in [0.2, 0.25) is 0 Å². The van der Waals surface area contributed by atoms with E-state index in [1.165, 1.54) is 0 Å². The number of nitrogens with zero attached hydrogens (tertiary/aromatic N) is 3. The molecular formula is C19H22N4O2. The number of hydrogen-bond acceptors (Lipinski definition) is 3. The molecule has 1 aliphatic heterocycles. The smallest absolute Gasteiger partial charge is 0.240 e. The van der Waals surface area contributed by atoms with E-state index in [1.54, 1.807) is 6.33 Å². The third-order valence-corrected chi connectivity index (χ3v) is 4.83. The number of hydrogen-bond donors (Lipinski definition) is 1. The summed E-state index contributed by atoms with van der Waals surface area (Å²) in [6, 6.07) is 10.3. The largest absolute Gasteiger partial charge is 0.372 e. The molecule has 1 N–H and O–H groups in total. The number of aromatic nitrogens is 3. The monoisotopic (exact) mass is 338 g/mol. The third-order valence-electron chi connectivity index (χ3n) is 4.83. The van der Waals surface area contributed by atoms with Gasteiger partial charge in [0, 0.05) is 31.4 Å². The van der Waals surface area contributed by atoms with E-state index in [2.05, 4.69) is 16.4 Å². The molecule has 2 aromatic heterocycles. The molecule has 3 aromatic rings. The zero-order chi connectivity index (χ0) is 17.2. The zero-order valence-electron chi connectivity index (χ0n) is 14.3. The second-order valence-corrected chi connectivity index (χ2v) is 6.58. The Bertz CT molecular complexity index is 882. The average Bonchev–Trinajstić information content (AvgIpc) is 3.22. The molecule has 0 saturated carbocycles. The molecule has 0 radical (unpaired) electrons. The number of nitrogens with one attached hydrogen (secondary N) is 1. The van der Waals surface area contributed by atoms with Crippen molar-refractivity contribution in [3.05, 3.63) is 54.7 Å². The molecule has 1 aliphatic rings. The molecular weight excluding hydrogens is 316 g/mol. The molecule has 0 aliphatic carbocycles. The predicted molar refractivity (Wildman–Crippen MR) is 95.0 cm³/mol. The number of benzene rings is 1. The molecule has 1 fully saturated rings. The Morgan fingerprint density at radius 1 is 1.36 bits per heavy atom. The van der Waals surface area contributed by atoms with Crippen molar-refractivity contribution in [2.75, 3.05) is 6.61 Å². The fraction of sp³-hybridized carbons (Fsp3) is 0.368. The van der Waals surface area contributed by atoms with Gasteiger partial charge < -0.3 is 19.2 Å². The number of fused-ring (bicyclic) bond motifs is 1. The first-order valence-electron chi connectivity index (χ1n) is 8.62. The zero-order valence-corrected chi connectivity index (χ0v) is 14.3. The van der Waals surface area contributed by atoms with Gasteiger partial charge >= 0.3 is 0 Å². The summed E-state index contributed by atoms with van der Waals surface area (Å²) in [6.45, 7) is 0.981. The van der Waals surface area contributed by atoms with Gasteiger partial charge in [-0.2, -0.15) is 0 Å². The standard InChI is InChI=1S/C19H22N4O2/c1-22-13-20-11-17(22)18-10-15(7-9-25-18)21-19(24)12-23-8-6-14-4-2-3-5-16(14)23/h2-6,8,11,13,15,18H,7,9-10,12H2,1H3,(H,21,24). The SMILES string of the molecule is Cn1cncc1C1CC(NC(=O)Cn2ccc3ccccc32)CCO1. The van der Waals surface area contributed by atoms with Crippen LogP contribution in [0.5, 0.6) is 0 Å². The van der Waals surface area contributed by atoms with Crippen molar-refractivity contribution in [2.24, 2.45) is 7.05 Å². The van der Waals surface area contributed by atoms with Gasteiger partial charge in [-0.25, -0.2) is 4.98 Å². The van der Waals surface area contributed by atoms with E-state index in [4.69, 9.17) is 4.74 Å². The van der Waals surface area contributed by atoms with E-state index in [0.717, 1.165) is 29.4 Å². The molecule has 1 saturated heterocycles. The minimum atomic E-state index is -0.0149. The van der Waals surface area contributed by atoms with Crippen LogP contribution in [0, 0.1) is 0 Å². The van der Waals surface area contributed by atoms with Crippen LogP contribution < -0.4 is 5.32 Å². The van der Waals surface area contributed by atoms with Crippen molar-refractivity contribution in [1.29, 1.82) is 0 Å². The fourth-order valence-electron chi connectivity index (χ4n) is 3.52. The molecule has 25 heavy (non-hydrogen) atoms. The van der Waals surface area contributed by atoms with Crippen LogP contribution in [0.4, 0.5) is 0 Å². The summed E-state index contributed by atoms with van der Waals surface area (Å²) in [5.41, 5.74) is 2.13. The Kier molecular flexibility index (Phi) is 4.28. The molecule has 1 aromatic carbocycles. The van der Waals surface area contributed by atoms with Crippen molar-refractivity contribution in [1.82, 2.24) is 19.4 Å². The summed E-state index contributed by atoms with van der Waals surface area (Å²) in [5.74, 6) is 0.0389. The van der Waals surface area contributed by atoms with Crippen LogP contribution in [0.1, 0.15) is 24.6 Å². The topological polar surface area (TPSA) is 61.1 Å². The van der Waals surface area contributed by atoms with E-state index in [9.17, 15) is 4.79 Å². The van der Waals surface area contributed by atoms with Crippen LogP contribution in [0.25, 0.3) is 10.9 Å². The lowest BCUT2D eigenvalue weighted by Crippen LogP contribution is -2.41. The number of aryl methyl sites for hydroxylation is 1. The summed E-state index contributed by atoms with van der Waals surface area (Å²) < 4.78 is 9.82. The maximum atomic E-state index is 12.5. The first kappa shape index (κ1) is 15.9. The Labute approximate surface area is 146 Å². The fourth-order valence-corrected chi connectivity index (χ4v) is 3.52. The molecule has 0 bridgehead atoms. The van der Waals surface area contributed by atoms with E-state index in [0.29, 0.717) is 13.2 Å². The Morgan fingerprint density at radius 2 is 2.24 bits per heavy atom. The van der Waals surface area contributed by atoms with Gasteiger partial charge in [0.1, 0.15) is 12.6 Å². The second kappa shape index (κ2) is 6.72. The summed E-state index contributed by atoms with van der Waals surface area (Å²) in [7, 11) is 1.96. The van der Waals surface area contributed by atoms with Crippen molar-refractivity contribution in [3.63, 3.8) is 0 Å². The summed E-state index contributed by atoms with van der Waals surface area (Å²) in [6.07, 6.45) is 7.18. The second-order valence-electron chi connectivity index (χ2n) is 6.58. The molecule has 3 heterocycles. The van der Waals surface area contributed by atoms with Gasteiger partial charge in [-0.05, 0) is 30.4 Å². The molecule has 0 spiro atoms. The highest BCUT2D eigenvalue weighted by Gasteiger charge is 2.26. The maximum absolute atomic E-state index is 12.5. The van der Waals surface area contributed by atoms with Crippen molar-refractivity contribution in [2.45, 2.75) is 31.5 Å². The van der Waals surface area contributed by atoms with Gasteiger partial charge in [0.05, 0.1) is 18.2 Å². The van der Waals surface area contributed by atoms with Gasteiger partial charge in [0.25, 0.3) is 0 Å². The van der Waals surface area contributed by atoms with Crippen LogP contribution in [-0.2, 0) is 23.1 Å². The maximum Gasteiger partial charge on any atom is 0.240 e. The molecule has 1 amide bonds. The van der Waals surface area contributed by atoms with Gasteiger partial charge in [-0.1, -0.05) is 18.2 Å². The highest BCUT2D eigenvalue weighted by atomic mass is 16.5. The van der Waals surface area contributed by atoms with E-state index < -0.39 is 0 Å². The number of para-hydroxylation sites is 1. The summed E-state index contributed by atoms with van der Waals surface area (Å²) >= 11 is 0. The normalized spacial score (nSPS) is 20.7. The number of rotatable bonds is 4. The first-order chi connectivity index (χ1) is 12.2. The minimum Gasteiger partial charge on any atom is -0.372 e. The highest BCUT2D eigenvalue weighted by molar-refractivity contribution is 5.83. The quantitative estimate of drug-likeness (QED) is 0.795. The van der Waals surface area contributed by atoms with Gasteiger partial charge in [-0.3, -0.25) is 4.79 Å². The molecule has 130 valence electrons. The van der Waals surface area contributed by atoms with Gasteiger partial charge in [0.2, 0.25) is 5.91 Å². The predicted octanol–water partition coefficient (Wildman–Crippen LogP) is 2.41. The van der Waals surface area contributed by atoms with E-state index in [1.807, 2.05) is 52.8 Å². The lowest BCUT2D eigenvalue weighted by molar-refractivity contribution is -0.123. The van der Waals surface area contributed by atoms with Crippen LogP contribution in [0.3, 0.4) is 0 Å². The van der Waals surface area contributed by atoms with Gasteiger partial charge in [-0.15, -0.1) is 0 Å².